The van der Waals surface area contributed by atoms with Crippen LogP contribution in [0.25, 0.3) is 0 Å². The van der Waals surface area contributed by atoms with Gasteiger partial charge in [0.2, 0.25) is 11.8 Å². The summed E-state index contributed by atoms with van der Waals surface area (Å²) in [6.07, 6.45) is 0.648. The standard InChI is InChI=1S/C36H48N6O3/c1-29(44)40-20-22-41(23-21-40)34-14-8-31(9-15-34)27-37-35(26-30-6-4-3-5-7-30)36(45)42-18-16-39(17-19-42)28-32-10-12-33(13-11-32)38(2)24-25-43/h3-15,35,37,43H,16-28H2,1-2H3/t35-/m0/s1. The number of rotatable bonds is 12. The number of anilines is 2. The van der Waals surface area contributed by atoms with E-state index in [1.807, 2.05) is 39.9 Å². The molecule has 0 spiro atoms. The van der Waals surface area contributed by atoms with Gasteiger partial charge < -0.3 is 30.0 Å². The molecule has 2 N–H and O–H groups in total. The topological polar surface area (TPSA) is 82.6 Å². The van der Waals surface area contributed by atoms with Crippen LogP contribution in [0.4, 0.5) is 11.4 Å². The van der Waals surface area contributed by atoms with Gasteiger partial charge in [-0.05, 0) is 47.4 Å². The lowest BCUT2D eigenvalue weighted by atomic mass is 10.0. The minimum atomic E-state index is -0.304. The molecule has 2 aliphatic rings. The first-order chi connectivity index (χ1) is 21.9. The molecule has 3 aromatic rings. The Morgan fingerprint density at radius 3 is 2.02 bits per heavy atom. The van der Waals surface area contributed by atoms with Crippen molar-refractivity contribution in [2.75, 3.05) is 82.4 Å². The van der Waals surface area contributed by atoms with Crippen LogP contribution >= 0.6 is 0 Å². The van der Waals surface area contributed by atoms with Crippen molar-refractivity contribution in [1.29, 1.82) is 0 Å². The van der Waals surface area contributed by atoms with Crippen molar-refractivity contribution in [2.45, 2.75) is 32.5 Å². The molecule has 2 heterocycles. The molecule has 1 atom stereocenters. The number of amides is 2. The molecule has 3 aromatic carbocycles. The number of aliphatic hydroxyl groups excluding tert-OH is 1. The predicted octanol–water partition coefficient (Wildman–Crippen LogP) is 2.83. The van der Waals surface area contributed by atoms with E-state index in [1.165, 1.54) is 11.3 Å². The summed E-state index contributed by atoms with van der Waals surface area (Å²) in [6, 6.07) is 27.0. The summed E-state index contributed by atoms with van der Waals surface area (Å²) < 4.78 is 0. The maximum atomic E-state index is 13.9. The quantitative estimate of drug-likeness (QED) is 0.326. The second-order valence-electron chi connectivity index (χ2n) is 12.2. The number of nitrogens with zero attached hydrogens (tertiary/aromatic N) is 5. The normalized spacial score (nSPS) is 16.5. The summed E-state index contributed by atoms with van der Waals surface area (Å²) in [7, 11) is 1.99. The Bertz CT molecular complexity index is 1350. The smallest absolute Gasteiger partial charge is 0.240 e. The van der Waals surface area contributed by atoms with Gasteiger partial charge in [0.25, 0.3) is 0 Å². The molecule has 2 aliphatic heterocycles. The van der Waals surface area contributed by atoms with Crippen LogP contribution in [0, 0.1) is 0 Å². The Labute approximate surface area is 268 Å². The van der Waals surface area contributed by atoms with Crippen molar-refractivity contribution < 1.29 is 14.7 Å². The van der Waals surface area contributed by atoms with E-state index in [-0.39, 0.29) is 24.5 Å². The molecular formula is C36H48N6O3. The molecule has 9 heteroatoms. The van der Waals surface area contributed by atoms with E-state index < -0.39 is 0 Å². The largest absolute Gasteiger partial charge is 0.395 e. The zero-order chi connectivity index (χ0) is 31.6. The van der Waals surface area contributed by atoms with E-state index in [0.29, 0.717) is 32.6 Å². The number of aliphatic hydroxyl groups is 1. The highest BCUT2D eigenvalue weighted by Gasteiger charge is 2.28. The fraction of sp³-hybridized carbons (Fsp3) is 0.444. The van der Waals surface area contributed by atoms with E-state index in [4.69, 9.17) is 0 Å². The number of hydrogen-bond acceptors (Lipinski definition) is 7. The molecule has 45 heavy (non-hydrogen) atoms. The Morgan fingerprint density at radius 1 is 0.778 bits per heavy atom. The van der Waals surface area contributed by atoms with E-state index in [9.17, 15) is 14.7 Å². The molecule has 2 amide bonds. The van der Waals surface area contributed by atoms with Gasteiger partial charge in [0.05, 0.1) is 12.6 Å². The second-order valence-corrected chi connectivity index (χ2v) is 12.2. The highest BCUT2D eigenvalue weighted by Crippen LogP contribution is 2.19. The third-order valence-corrected chi connectivity index (χ3v) is 9.06. The molecule has 0 aromatic heterocycles. The Hall–Kier alpha value is -3.92. The van der Waals surface area contributed by atoms with Crippen molar-refractivity contribution in [3.8, 4) is 0 Å². The van der Waals surface area contributed by atoms with Gasteiger partial charge in [-0.2, -0.15) is 0 Å². The van der Waals surface area contributed by atoms with Crippen LogP contribution in [0.2, 0.25) is 0 Å². The summed E-state index contributed by atoms with van der Waals surface area (Å²) in [4.78, 5) is 36.2. The molecule has 9 nitrogen and oxygen atoms in total. The SMILES string of the molecule is CC(=O)N1CCN(c2ccc(CN[C@@H](Cc3ccccc3)C(=O)N3CCN(Cc4ccc(N(C)CCO)cc4)CC3)cc2)CC1. The van der Waals surface area contributed by atoms with Crippen molar-refractivity contribution >= 4 is 23.2 Å². The fourth-order valence-corrected chi connectivity index (χ4v) is 6.18. The number of nitrogens with one attached hydrogen (secondary N) is 1. The Balaban J connectivity index is 1.15. The molecule has 2 fully saturated rings. The lowest BCUT2D eigenvalue weighted by Gasteiger charge is -2.37. The van der Waals surface area contributed by atoms with Crippen molar-refractivity contribution in [2.24, 2.45) is 0 Å². The van der Waals surface area contributed by atoms with Gasteiger partial charge >= 0.3 is 0 Å². The van der Waals surface area contributed by atoms with Gasteiger partial charge in [0.15, 0.2) is 0 Å². The number of carbonyl (C=O) groups excluding carboxylic acids is 2. The highest BCUT2D eigenvalue weighted by molar-refractivity contribution is 5.82. The van der Waals surface area contributed by atoms with Crippen LogP contribution in [-0.4, -0.2) is 110 Å². The summed E-state index contributed by atoms with van der Waals surface area (Å²) in [5.41, 5.74) is 5.81. The van der Waals surface area contributed by atoms with Gasteiger partial charge in [-0.1, -0.05) is 54.6 Å². The molecular weight excluding hydrogens is 564 g/mol. The van der Waals surface area contributed by atoms with Crippen molar-refractivity contribution in [1.82, 2.24) is 20.0 Å². The second kappa shape index (κ2) is 15.9. The number of likely N-dealkylation sites (N-methyl/N-ethyl adjacent to an activating group) is 1. The number of hydrogen-bond donors (Lipinski definition) is 2. The van der Waals surface area contributed by atoms with Crippen molar-refractivity contribution in [3.05, 3.63) is 95.6 Å². The Morgan fingerprint density at radius 2 is 1.40 bits per heavy atom. The minimum absolute atomic E-state index is 0.138. The maximum Gasteiger partial charge on any atom is 0.240 e. The first kappa shape index (κ1) is 32.5. The molecule has 0 radical (unpaired) electrons. The third kappa shape index (κ3) is 9.06. The zero-order valence-corrected chi connectivity index (χ0v) is 26.8. The molecule has 240 valence electrons. The van der Waals surface area contributed by atoms with Crippen molar-refractivity contribution in [3.63, 3.8) is 0 Å². The first-order valence-electron chi connectivity index (χ1n) is 16.2. The lowest BCUT2D eigenvalue weighted by Crippen LogP contribution is -2.54. The molecule has 0 saturated carbocycles. The summed E-state index contributed by atoms with van der Waals surface area (Å²) in [5.74, 6) is 0.303. The van der Waals surface area contributed by atoms with Gasteiger partial charge in [0, 0.05) is 97.3 Å². The maximum absolute atomic E-state index is 13.9. The number of piperazine rings is 2. The van der Waals surface area contributed by atoms with Gasteiger partial charge in [-0.3, -0.25) is 14.5 Å². The molecule has 5 rings (SSSR count). The summed E-state index contributed by atoms with van der Waals surface area (Å²) in [5, 5.41) is 12.8. The summed E-state index contributed by atoms with van der Waals surface area (Å²) in [6.45, 7) is 10.2. The molecule has 0 aliphatic carbocycles. The first-order valence-corrected chi connectivity index (χ1v) is 16.2. The molecule has 0 bridgehead atoms. The van der Waals surface area contributed by atoms with E-state index in [2.05, 4.69) is 75.8 Å². The van der Waals surface area contributed by atoms with E-state index >= 15 is 0 Å². The minimum Gasteiger partial charge on any atom is -0.395 e. The number of benzene rings is 3. The van der Waals surface area contributed by atoms with Crippen LogP contribution in [0.5, 0.6) is 0 Å². The fourth-order valence-electron chi connectivity index (χ4n) is 6.18. The number of carbonyl (C=O) groups is 2. The zero-order valence-electron chi connectivity index (χ0n) is 26.8. The van der Waals surface area contributed by atoms with E-state index in [1.54, 1.807) is 6.92 Å². The molecule has 2 saturated heterocycles. The van der Waals surface area contributed by atoms with Crippen LogP contribution in [-0.2, 0) is 29.1 Å². The highest BCUT2D eigenvalue weighted by atomic mass is 16.3. The van der Waals surface area contributed by atoms with Gasteiger partial charge in [-0.25, -0.2) is 0 Å². The van der Waals surface area contributed by atoms with Gasteiger partial charge in [-0.15, -0.1) is 0 Å². The van der Waals surface area contributed by atoms with Crippen LogP contribution in [0.3, 0.4) is 0 Å². The lowest BCUT2D eigenvalue weighted by molar-refractivity contribution is -0.135. The molecule has 0 unspecified atom stereocenters. The average Bonchev–Trinajstić information content (AvgIpc) is 3.08. The van der Waals surface area contributed by atoms with E-state index in [0.717, 1.165) is 62.6 Å². The van der Waals surface area contributed by atoms with Crippen LogP contribution < -0.4 is 15.1 Å². The monoisotopic (exact) mass is 612 g/mol. The van der Waals surface area contributed by atoms with Gasteiger partial charge in [0.1, 0.15) is 0 Å². The predicted molar refractivity (Wildman–Crippen MR) is 180 cm³/mol. The Kier molecular flexibility index (Phi) is 11.5. The average molecular weight is 613 g/mol. The summed E-state index contributed by atoms with van der Waals surface area (Å²) >= 11 is 0. The van der Waals surface area contributed by atoms with Crippen LogP contribution in [0.1, 0.15) is 23.6 Å². The third-order valence-electron chi connectivity index (χ3n) is 9.06. The van der Waals surface area contributed by atoms with Crippen LogP contribution in [0.15, 0.2) is 78.9 Å².